The summed E-state index contributed by atoms with van der Waals surface area (Å²) in [6.07, 6.45) is 2.26. The Balaban J connectivity index is 2.00. The first-order valence-electron chi connectivity index (χ1n) is 7.26. The zero-order chi connectivity index (χ0) is 15.0. The first-order valence-corrected chi connectivity index (χ1v) is 8.07. The molecule has 1 fully saturated rings. The maximum atomic E-state index is 12.8. The van der Waals surface area contributed by atoms with E-state index in [1.165, 1.54) is 17.8 Å². The lowest BCUT2D eigenvalue weighted by atomic mass is 10.00. The largest absolute Gasteiger partial charge is 0.496 e. The van der Waals surface area contributed by atoms with Crippen molar-refractivity contribution in [2.45, 2.75) is 19.8 Å². The Morgan fingerprint density at radius 2 is 2.29 bits per heavy atom. The van der Waals surface area contributed by atoms with Crippen LogP contribution < -0.4 is 10.5 Å². The molecule has 1 aromatic heterocycles. The van der Waals surface area contributed by atoms with Crippen molar-refractivity contribution in [3.8, 4) is 5.75 Å². The number of benzene rings is 1. The number of nitrogen functional groups attached to an aromatic ring is 1. The van der Waals surface area contributed by atoms with Gasteiger partial charge in [-0.3, -0.25) is 4.79 Å². The van der Waals surface area contributed by atoms with Crippen molar-refractivity contribution in [1.29, 1.82) is 0 Å². The van der Waals surface area contributed by atoms with Crippen LogP contribution in [0.25, 0.3) is 10.1 Å². The van der Waals surface area contributed by atoms with Crippen molar-refractivity contribution in [3.63, 3.8) is 0 Å². The number of hydrogen-bond donors (Lipinski definition) is 1. The van der Waals surface area contributed by atoms with Crippen molar-refractivity contribution in [3.05, 3.63) is 23.1 Å². The molecule has 0 spiro atoms. The number of carbonyl (C=O) groups excluding carboxylic acids is 1. The molecule has 1 unspecified atom stereocenters. The van der Waals surface area contributed by atoms with E-state index >= 15 is 0 Å². The van der Waals surface area contributed by atoms with Crippen LogP contribution in [0.5, 0.6) is 5.75 Å². The van der Waals surface area contributed by atoms with Crippen molar-refractivity contribution in [2.75, 3.05) is 25.9 Å². The van der Waals surface area contributed by atoms with Crippen molar-refractivity contribution < 1.29 is 9.53 Å². The highest BCUT2D eigenvalue weighted by Gasteiger charge is 2.26. The normalized spacial score (nSPS) is 19.0. The van der Waals surface area contributed by atoms with Crippen molar-refractivity contribution in [1.82, 2.24) is 4.90 Å². The van der Waals surface area contributed by atoms with Crippen LogP contribution in [0.2, 0.25) is 0 Å². The van der Waals surface area contributed by atoms with Gasteiger partial charge in [0.1, 0.15) is 10.6 Å². The number of nitrogens with two attached hydrogens (primary N) is 1. The van der Waals surface area contributed by atoms with Gasteiger partial charge in [0.25, 0.3) is 5.91 Å². The smallest absolute Gasteiger partial charge is 0.266 e. The summed E-state index contributed by atoms with van der Waals surface area (Å²) in [6, 6.07) is 5.78. The molecule has 1 saturated heterocycles. The number of anilines is 1. The van der Waals surface area contributed by atoms with Crippen LogP contribution in [0, 0.1) is 5.92 Å². The van der Waals surface area contributed by atoms with E-state index in [9.17, 15) is 4.79 Å². The van der Waals surface area contributed by atoms with E-state index in [0.717, 1.165) is 35.3 Å². The summed E-state index contributed by atoms with van der Waals surface area (Å²) in [6.45, 7) is 3.84. The quantitative estimate of drug-likeness (QED) is 0.925. The van der Waals surface area contributed by atoms with Crippen LogP contribution in [0.4, 0.5) is 5.69 Å². The Bertz CT molecular complexity index is 680. The van der Waals surface area contributed by atoms with Crippen molar-refractivity contribution >= 4 is 33.0 Å². The lowest BCUT2D eigenvalue weighted by Crippen LogP contribution is -2.38. The summed E-state index contributed by atoms with van der Waals surface area (Å²) in [7, 11) is 1.62. The molecular formula is C16H20N2O2S. The maximum absolute atomic E-state index is 12.8. The summed E-state index contributed by atoms with van der Waals surface area (Å²) >= 11 is 1.46. The zero-order valence-electron chi connectivity index (χ0n) is 12.4. The van der Waals surface area contributed by atoms with Gasteiger partial charge in [-0.15, -0.1) is 11.3 Å². The molecule has 1 aromatic carbocycles. The maximum Gasteiger partial charge on any atom is 0.266 e. The number of likely N-dealkylation sites (tertiary alicyclic amines) is 1. The molecule has 5 heteroatoms. The molecule has 4 nitrogen and oxygen atoms in total. The Morgan fingerprint density at radius 1 is 1.48 bits per heavy atom. The third-order valence-corrected chi connectivity index (χ3v) is 5.23. The van der Waals surface area contributed by atoms with Gasteiger partial charge < -0.3 is 15.4 Å². The molecule has 3 rings (SSSR count). The Hall–Kier alpha value is -1.75. The summed E-state index contributed by atoms with van der Waals surface area (Å²) in [4.78, 5) is 15.3. The van der Waals surface area contributed by atoms with Crippen LogP contribution in [-0.2, 0) is 0 Å². The fraction of sp³-hybridized carbons (Fsp3) is 0.438. The minimum absolute atomic E-state index is 0.0577. The summed E-state index contributed by atoms with van der Waals surface area (Å²) in [5, 5.41) is 0.860. The number of nitrogens with zero attached hydrogens (tertiary/aromatic N) is 1. The lowest BCUT2D eigenvalue weighted by Gasteiger charge is -2.30. The second-order valence-corrected chi connectivity index (χ2v) is 6.73. The first kappa shape index (κ1) is 14.2. The third kappa shape index (κ3) is 2.46. The summed E-state index contributed by atoms with van der Waals surface area (Å²) in [5.41, 5.74) is 6.79. The predicted octanol–water partition coefficient (Wildman–Crippen LogP) is 3.36. The standard InChI is InChI=1S/C16H20N2O2S/c1-10-5-4-8-18(9-10)16(19)15-14(17)13-11(20-2)6-3-7-12(13)21-15/h3,6-7,10H,4-5,8-9,17H2,1-2H3. The topological polar surface area (TPSA) is 55.6 Å². The molecule has 2 aromatic rings. The highest BCUT2D eigenvalue weighted by atomic mass is 32.1. The second-order valence-electron chi connectivity index (χ2n) is 5.68. The van der Waals surface area contributed by atoms with E-state index in [4.69, 9.17) is 10.5 Å². The fourth-order valence-corrected chi connectivity index (χ4v) is 4.09. The van der Waals surface area contributed by atoms with E-state index in [2.05, 4.69) is 6.92 Å². The van der Waals surface area contributed by atoms with Crippen molar-refractivity contribution in [2.24, 2.45) is 5.92 Å². The van der Waals surface area contributed by atoms with Gasteiger partial charge >= 0.3 is 0 Å². The van der Waals surface area contributed by atoms with E-state index in [1.807, 2.05) is 23.1 Å². The molecule has 0 bridgehead atoms. The zero-order valence-corrected chi connectivity index (χ0v) is 13.2. The molecule has 1 amide bonds. The molecule has 0 saturated carbocycles. The molecule has 0 aliphatic carbocycles. The number of methoxy groups -OCH3 is 1. The first-order chi connectivity index (χ1) is 10.1. The SMILES string of the molecule is COc1cccc2sc(C(=O)N3CCCC(C)C3)c(N)c12. The summed E-state index contributed by atoms with van der Waals surface area (Å²) < 4.78 is 6.37. The van der Waals surface area contributed by atoms with Crippen LogP contribution in [-0.4, -0.2) is 31.0 Å². The molecule has 21 heavy (non-hydrogen) atoms. The minimum Gasteiger partial charge on any atom is -0.496 e. The minimum atomic E-state index is 0.0577. The van der Waals surface area contributed by atoms with Gasteiger partial charge in [0.05, 0.1) is 18.2 Å². The van der Waals surface area contributed by atoms with E-state index in [0.29, 0.717) is 16.5 Å². The second kappa shape index (κ2) is 5.56. The number of amides is 1. The molecule has 1 aliphatic heterocycles. The number of hydrogen-bond acceptors (Lipinski definition) is 4. The van der Waals surface area contributed by atoms with Gasteiger partial charge in [-0.05, 0) is 30.9 Å². The number of thiophene rings is 1. The van der Waals surface area contributed by atoms with Gasteiger partial charge in [-0.1, -0.05) is 13.0 Å². The van der Waals surface area contributed by atoms with Gasteiger partial charge in [0.15, 0.2) is 0 Å². The Labute approximate surface area is 128 Å². The highest BCUT2D eigenvalue weighted by Crippen LogP contribution is 2.40. The Kier molecular flexibility index (Phi) is 3.76. The third-order valence-electron chi connectivity index (χ3n) is 4.07. The van der Waals surface area contributed by atoms with E-state index in [-0.39, 0.29) is 5.91 Å². The molecular weight excluding hydrogens is 284 g/mol. The summed E-state index contributed by atoms with van der Waals surface area (Å²) in [5.74, 6) is 1.35. The number of piperidine rings is 1. The van der Waals surface area contributed by atoms with Gasteiger partial charge in [-0.2, -0.15) is 0 Å². The predicted molar refractivity (Wildman–Crippen MR) is 87.1 cm³/mol. The van der Waals surface area contributed by atoms with Crippen LogP contribution in [0.15, 0.2) is 18.2 Å². The van der Waals surface area contributed by atoms with Gasteiger partial charge in [-0.25, -0.2) is 0 Å². The molecule has 112 valence electrons. The number of carbonyl (C=O) groups is 1. The molecule has 2 heterocycles. The number of rotatable bonds is 2. The van der Waals surface area contributed by atoms with Crippen LogP contribution in [0.3, 0.4) is 0 Å². The molecule has 1 atom stereocenters. The van der Waals surface area contributed by atoms with Crippen LogP contribution in [0.1, 0.15) is 29.4 Å². The number of fused-ring (bicyclic) bond motifs is 1. The monoisotopic (exact) mass is 304 g/mol. The molecule has 1 aliphatic rings. The average molecular weight is 304 g/mol. The van der Waals surface area contributed by atoms with E-state index in [1.54, 1.807) is 7.11 Å². The van der Waals surface area contributed by atoms with Gasteiger partial charge in [0, 0.05) is 17.8 Å². The average Bonchev–Trinajstić information content (AvgIpc) is 2.84. The highest BCUT2D eigenvalue weighted by molar-refractivity contribution is 7.21. The molecule has 2 N–H and O–H groups in total. The molecule has 0 radical (unpaired) electrons. The Morgan fingerprint density at radius 3 is 3.00 bits per heavy atom. The van der Waals surface area contributed by atoms with Crippen LogP contribution >= 0.6 is 11.3 Å². The van der Waals surface area contributed by atoms with E-state index < -0.39 is 0 Å². The van der Waals surface area contributed by atoms with Gasteiger partial charge in [0.2, 0.25) is 0 Å². The number of ether oxygens (including phenoxy) is 1. The lowest BCUT2D eigenvalue weighted by molar-refractivity contribution is 0.0689. The fourth-order valence-electron chi connectivity index (χ4n) is 2.99.